The summed E-state index contributed by atoms with van der Waals surface area (Å²) in [6.45, 7) is 2.81. The Morgan fingerprint density at radius 2 is 1.75 bits per heavy atom. The molecule has 3 saturated heterocycles. The molecule has 3 aliphatic heterocycles. The van der Waals surface area contributed by atoms with Crippen LogP contribution in [-0.4, -0.2) is 39.9 Å². The number of rotatable bonds is 0. The molecule has 2 unspecified atom stereocenters. The van der Waals surface area contributed by atoms with Gasteiger partial charge in [-0.25, -0.2) is 0 Å². The minimum atomic E-state index is -0.232. The SMILES string of the molecule is CC1CN2C(=O)CCCC23CCCC(=O)N13. The van der Waals surface area contributed by atoms with Gasteiger partial charge in [0.1, 0.15) is 5.66 Å². The first-order valence-electron chi connectivity index (χ1n) is 6.28. The molecule has 4 heteroatoms. The second-order valence-corrected chi connectivity index (χ2v) is 5.31. The lowest BCUT2D eigenvalue weighted by Crippen LogP contribution is -2.61. The van der Waals surface area contributed by atoms with Gasteiger partial charge in [-0.1, -0.05) is 0 Å². The fourth-order valence-corrected chi connectivity index (χ4v) is 3.80. The van der Waals surface area contributed by atoms with Gasteiger partial charge in [-0.3, -0.25) is 9.59 Å². The Morgan fingerprint density at radius 3 is 2.44 bits per heavy atom. The van der Waals surface area contributed by atoms with E-state index < -0.39 is 0 Å². The van der Waals surface area contributed by atoms with Crippen molar-refractivity contribution < 1.29 is 9.59 Å². The van der Waals surface area contributed by atoms with Crippen LogP contribution in [0, 0.1) is 0 Å². The highest BCUT2D eigenvalue weighted by molar-refractivity contribution is 5.83. The fourth-order valence-electron chi connectivity index (χ4n) is 3.80. The summed E-state index contributed by atoms with van der Waals surface area (Å²) < 4.78 is 0. The van der Waals surface area contributed by atoms with E-state index in [1.807, 2.05) is 9.80 Å². The maximum absolute atomic E-state index is 12.0. The van der Waals surface area contributed by atoms with Crippen molar-refractivity contribution in [1.29, 1.82) is 0 Å². The van der Waals surface area contributed by atoms with E-state index in [-0.39, 0.29) is 23.5 Å². The number of hydrogen-bond acceptors (Lipinski definition) is 2. The largest absolute Gasteiger partial charge is 0.317 e. The van der Waals surface area contributed by atoms with Crippen LogP contribution >= 0.6 is 0 Å². The van der Waals surface area contributed by atoms with Crippen LogP contribution in [0.5, 0.6) is 0 Å². The smallest absolute Gasteiger partial charge is 0.224 e. The third-order valence-corrected chi connectivity index (χ3v) is 4.34. The predicted octanol–water partition coefficient (Wildman–Crippen LogP) is 1.11. The Hall–Kier alpha value is -1.06. The topological polar surface area (TPSA) is 40.6 Å². The molecule has 3 rings (SSSR count). The van der Waals surface area contributed by atoms with E-state index in [0.29, 0.717) is 12.8 Å². The zero-order valence-electron chi connectivity index (χ0n) is 9.74. The minimum absolute atomic E-state index is 0.204. The van der Waals surface area contributed by atoms with Gasteiger partial charge < -0.3 is 9.80 Å². The Balaban J connectivity index is 2.03. The molecule has 3 fully saturated rings. The predicted molar refractivity (Wildman–Crippen MR) is 58.5 cm³/mol. The highest BCUT2D eigenvalue weighted by atomic mass is 16.2. The first-order chi connectivity index (χ1) is 7.65. The van der Waals surface area contributed by atoms with Gasteiger partial charge in [0.05, 0.1) is 0 Å². The second kappa shape index (κ2) is 3.22. The number of carbonyl (C=O) groups excluding carboxylic acids is 2. The van der Waals surface area contributed by atoms with E-state index in [0.717, 1.165) is 32.2 Å². The molecule has 4 nitrogen and oxygen atoms in total. The number of piperidine rings is 2. The van der Waals surface area contributed by atoms with Gasteiger partial charge in [-0.2, -0.15) is 0 Å². The van der Waals surface area contributed by atoms with Crippen LogP contribution in [0.2, 0.25) is 0 Å². The van der Waals surface area contributed by atoms with Gasteiger partial charge in [-0.05, 0) is 32.6 Å². The molecule has 16 heavy (non-hydrogen) atoms. The standard InChI is InChI=1S/C12H18N2O2/c1-9-8-13-10(15)4-2-6-12(13)7-3-5-11(16)14(9)12/h9H,2-8H2,1H3. The van der Waals surface area contributed by atoms with Gasteiger partial charge in [0.2, 0.25) is 11.8 Å². The number of amides is 2. The van der Waals surface area contributed by atoms with Crippen molar-refractivity contribution >= 4 is 11.8 Å². The molecule has 0 radical (unpaired) electrons. The van der Waals surface area contributed by atoms with E-state index in [9.17, 15) is 9.59 Å². The molecule has 0 N–H and O–H groups in total. The maximum atomic E-state index is 12.0. The maximum Gasteiger partial charge on any atom is 0.224 e. The molecular formula is C12H18N2O2. The zero-order chi connectivity index (χ0) is 11.3. The van der Waals surface area contributed by atoms with E-state index in [2.05, 4.69) is 6.92 Å². The van der Waals surface area contributed by atoms with Gasteiger partial charge in [-0.15, -0.1) is 0 Å². The summed E-state index contributed by atoms with van der Waals surface area (Å²) in [5.74, 6) is 0.492. The van der Waals surface area contributed by atoms with Gasteiger partial charge in [0.25, 0.3) is 0 Å². The van der Waals surface area contributed by atoms with Crippen LogP contribution in [0.25, 0.3) is 0 Å². The zero-order valence-corrected chi connectivity index (χ0v) is 9.74. The number of carbonyl (C=O) groups is 2. The molecule has 0 aromatic carbocycles. The highest BCUT2D eigenvalue weighted by Crippen LogP contribution is 2.45. The second-order valence-electron chi connectivity index (χ2n) is 5.31. The average molecular weight is 222 g/mol. The molecule has 88 valence electrons. The lowest BCUT2D eigenvalue weighted by atomic mass is 9.86. The third-order valence-electron chi connectivity index (χ3n) is 4.34. The Labute approximate surface area is 95.6 Å². The van der Waals surface area contributed by atoms with E-state index in [1.54, 1.807) is 0 Å². The van der Waals surface area contributed by atoms with Crippen LogP contribution in [0.4, 0.5) is 0 Å². The molecule has 2 atom stereocenters. The summed E-state index contributed by atoms with van der Waals surface area (Å²) in [6, 6.07) is 0.204. The van der Waals surface area contributed by atoms with Crippen LogP contribution in [0.1, 0.15) is 45.4 Å². The molecule has 1 spiro atoms. The molecular weight excluding hydrogens is 204 g/mol. The van der Waals surface area contributed by atoms with Crippen molar-refractivity contribution in [2.75, 3.05) is 6.54 Å². The summed E-state index contributed by atoms with van der Waals surface area (Å²) in [6.07, 6.45) is 5.16. The normalized spacial score (nSPS) is 38.7. The summed E-state index contributed by atoms with van der Waals surface area (Å²) >= 11 is 0. The van der Waals surface area contributed by atoms with E-state index in [4.69, 9.17) is 0 Å². The van der Waals surface area contributed by atoms with Crippen LogP contribution < -0.4 is 0 Å². The quantitative estimate of drug-likeness (QED) is 0.616. The third kappa shape index (κ3) is 1.10. The van der Waals surface area contributed by atoms with Crippen molar-refractivity contribution in [2.45, 2.75) is 57.2 Å². The van der Waals surface area contributed by atoms with Crippen molar-refractivity contribution in [1.82, 2.24) is 9.80 Å². The molecule has 0 saturated carbocycles. The van der Waals surface area contributed by atoms with Crippen LogP contribution in [-0.2, 0) is 9.59 Å². The molecule has 2 amide bonds. The highest BCUT2D eigenvalue weighted by Gasteiger charge is 2.56. The van der Waals surface area contributed by atoms with Crippen molar-refractivity contribution in [3.05, 3.63) is 0 Å². The Bertz CT molecular complexity index is 349. The summed E-state index contributed by atoms with van der Waals surface area (Å²) in [5.41, 5.74) is -0.232. The fraction of sp³-hybridized carbons (Fsp3) is 0.833. The van der Waals surface area contributed by atoms with Crippen LogP contribution in [0.15, 0.2) is 0 Å². The van der Waals surface area contributed by atoms with Gasteiger partial charge >= 0.3 is 0 Å². The van der Waals surface area contributed by atoms with Crippen molar-refractivity contribution in [2.24, 2.45) is 0 Å². The van der Waals surface area contributed by atoms with Crippen molar-refractivity contribution in [3.8, 4) is 0 Å². The summed E-state index contributed by atoms with van der Waals surface area (Å²) in [7, 11) is 0. The molecule has 0 aliphatic carbocycles. The van der Waals surface area contributed by atoms with Crippen molar-refractivity contribution in [3.63, 3.8) is 0 Å². The number of nitrogens with zero attached hydrogens (tertiary/aromatic N) is 2. The lowest BCUT2D eigenvalue weighted by molar-refractivity contribution is -0.159. The van der Waals surface area contributed by atoms with Gasteiger partial charge in [0, 0.05) is 25.4 Å². The van der Waals surface area contributed by atoms with Gasteiger partial charge in [0.15, 0.2) is 0 Å². The molecule has 3 aliphatic rings. The number of hydrogen-bond donors (Lipinski definition) is 0. The monoisotopic (exact) mass is 222 g/mol. The first kappa shape index (κ1) is 10.1. The van der Waals surface area contributed by atoms with Crippen LogP contribution in [0.3, 0.4) is 0 Å². The molecule has 3 heterocycles. The lowest BCUT2D eigenvalue weighted by Gasteiger charge is -2.49. The Morgan fingerprint density at radius 1 is 1.12 bits per heavy atom. The molecule has 0 aromatic heterocycles. The summed E-state index contributed by atoms with van der Waals surface area (Å²) in [4.78, 5) is 28.0. The van der Waals surface area contributed by atoms with E-state index in [1.165, 1.54) is 0 Å². The minimum Gasteiger partial charge on any atom is -0.317 e. The van der Waals surface area contributed by atoms with E-state index >= 15 is 0 Å². The Kier molecular flexibility index (Phi) is 2.03. The first-order valence-corrected chi connectivity index (χ1v) is 6.28. The average Bonchev–Trinajstić information content (AvgIpc) is 2.54. The molecule has 0 bridgehead atoms. The summed E-state index contributed by atoms with van der Waals surface area (Å²) in [5, 5.41) is 0. The molecule has 0 aromatic rings.